The molecule has 2 aromatic carbocycles. The molecule has 0 unspecified atom stereocenters. The van der Waals surface area contributed by atoms with E-state index in [4.69, 9.17) is 0 Å². The summed E-state index contributed by atoms with van der Waals surface area (Å²) in [7, 11) is 1.76. The van der Waals surface area contributed by atoms with Crippen molar-refractivity contribution in [3.05, 3.63) is 65.2 Å². The van der Waals surface area contributed by atoms with Crippen molar-refractivity contribution in [1.29, 1.82) is 0 Å². The lowest BCUT2D eigenvalue weighted by atomic mass is 10.1. The number of carbonyl (C=O) groups is 2. The zero-order valence-corrected chi connectivity index (χ0v) is 16.6. The van der Waals surface area contributed by atoms with E-state index in [1.165, 1.54) is 5.56 Å². The molecule has 0 aliphatic carbocycles. The van der Waals surface area contributed by atoms with Crippen molar-refractivity contribution >= 4 is 17.5 Å². The maximum Gasteiger partial charge on any atom is 0.238 e. The average Bonchev–Trinajstić information content (AvgIpc) is 2.63. The van der Waals surface area contributed by atoms with Gasteiger partial charge in [-0.15, -0.1) is 0 Å². The highest BCUT2D eigenvalue weighted by Gasteiger charge is 2.14. The van der Waals surface area contributed by atoms with E-state index < -0.39 is 0 Å². The first kappa shape index (κ1) is 20.6. The van der Waals surface area contributed by atoms with Crippen LogP contribution in [0.15, 0.2) is 48.5 Å². The van der Waals surface area contributed by atoms with Gasteiger partial charge in [0.05, 0.1) is 19.1 Å². The number of hydrogen-bond donors (Lipinski definition) is 2. The van der Waals surface area contributed by atoms with Crippen molar-refractivity contribution in [3.63, 3.8) is 0 Å². The first-order chi connectivity index (χ1) is 12.9. The second-order valence-electron chi connectivity index (χ2n) is 6.97. The number of rotatable bonds is 8. The number of anilines is 1. The Hall–Kier alpha value is -2.66. The molecule has 0 saturated carbocycles. The summed E-state index contributed by atoms with van der Waals surface area (Å²) in [6.07, 6.45) is 0.996. The molecule has 0 aromatic heterocycles. The lowest BCUT2D eigenvalue weighted by Gasteiger charge is -2.19. The molecule has 2 aromatic rings. The van der Waals surface area contributed by atoms with Gasteiger partial charge in [0.1, 0.15) is 0 Å². The normalized spacial score (nSPS) is 11.9. The summed E-state index contributed by atoms with van der Waals surface area (Å²) < 4.78 is 0. The maximum atomic E-state index is 12.3. The van der Waals surface area contributed by atoms with Gasteiger partial charge in [-0.05, 0) is 50.6 Å². The minimum Gasteiger partial charge on any atom is -0.348 e. The zero-order chi connectivity index (χ0) is 19.8. The molecule has 0 radical (unpaired) electrons. The van der Waals surface area contributed by atoms with Gasteiger partial charge in [0.2, 0.25) is 11.8 Å². The summed E-state index contributed by atoms with van der Waals surface area (Å²) in [5, 5.41) is 5.82. The van der Waals surface area contributed by atoms with Crippen molar-refractivity contribution in [1.82, 2.24) is 10.2 Å². The average molecular weight is 367 g/mol. The van der Waals surface area contributed by atoms with E-state index in [0.717, 1.165) is 23.2 Å². The topological polar surface area (TPSA) is 61.4 Å². The monoisotopic (exact) mass is 367 g/mol. The highest BCUT2D eigenvalue weighted by Crippen LogP contribution is 2.13. The predicted octanol–water partition coefficient (Wildman–Crippen LogP) is 3.31. The predicted molar refractivity (Wildman–Crippen MR) is 110 cm³/mol. The summed E-state index contributed by atoms with van der Waals surface area (Å²) in [5.41, 5.74) is 4.24. The molecular formula is C22H29N3O2. The Kier molecular flexibility index (Phi) is 7.55. The Morgan fingerprint density at radius 2 is 1.56 bits per heavy atom. The van der Waals surface area contributed by atoms with E-state index in [-0.39, 0.29) is 30.9 Å². The summed E-state index contributed by atoms with van der Waals surface area (Å²) in [6, 6.07) is 15.8. The molecule has 2 N–H and O–H groups in total. The van der Waals surface area contributed by atoms with E-state index in [2.05, 4.69) is 29.7 Å². The molecular weight excluding hydrogens is 338 g/mol. The number of benzene rings is 2. The second-order valence-corrected chi connectivity index (χ2v) is 6.97. The third-order valence-electron chi connectivity index (χ3n) is 4.43. The minimum absolute atomic E-state index is 0.0711. The number of likely N-dealkylation sites (N-methyl/N-ethyl adjacent to an activating group) is 1. The van der Waals surface area contributed by atoms with Crippen LogP contribution in [0.3, 0.4) is 0 Å². The van der Waals surface area contributed by atoms with Crippen LogP contribution in [0.2, 0.25) is 0 Å². The number of aryl methyl sites for hydroxylation is 2. The Bertz CT molecular complexity index is 754. The van der Waals surface area contributed by atoms with Crippen LogP contribution in [-0.4, -0.2) is 36.9 Å². The van der Waals surface area contributed by atoms with Crippen molar-refractivity contribution in [2.45, 2.75) is 33.2 Å². The fourth-order valence-electron chi connectivity index (χ4n) is 2.80. The van der Waals surface area contributed by atoms with E-state index >= 15 is 0 Å². The van der Waals surface area contributed by atoms with Crippen molar-refractivity contribution in [2.75, 3.05) is 25.5 Å². The molecule has 1 atom stereocenters. The lowest BCUT2D eigenvalue weighted by Crippen LogP contribution is -2.39. The Labute approximate surface area is 161 Å². The fraction of sp³-hybridized carbons (Fsp3) is 0.364. The van der Waals surface area contributed by atoms with Gasteiger partial charge in [-0.3, -0.25) is 14.5 Å². The Morgan fingerprint density at radius 3 is 2.15 bits per heavy atom. The van der Waals surface area contributed by atoms with Gasteiger partial charge in [0.15, 0.2) is 0 Å². The molecule has 27 heavy (non-hydrogen) atoms. The van der Waals surface area contributed by atoms with Crippen LogP contribution < -0.4 is 10.6 Å². The SMILES string of the molecule is CCc1ccc([C@H](C)NC(=O)CN(C)CC(=O)Nc2ccc(C)cc2)cc1. The Morgan fingerprint density at radius 1 is 0.963 bits per heavy atom. The molecule has 0 fully saturated rings. The quantitative estimate of drug-likeness (QED) is 0.752. The van der Waals surface area contributed by atoms with E-state index in [1.807, 2.05) is 50.2 Å². The Balaban J connectivity index is 1.78. The second kappa shape index (κ2) is 9.88. The number of hydrogen-bond acceptors (Lipinski definition) is 3. The number of nitrogens with zero attached hydrogens (tertiary/aromatic N) is 1. The molecule has 5 nitrogen and oxygen atoms in total. The first-order valence-electron chi connectivity index (χ1n) is 9.30. The van der Waals surface area contributed by atoms with Gasteiger partial charge >= 0.3 is 0 Å². The molecule has 144 valence electrons. The zero-order valence-electron chi connectivity index (χ0n) is 16.6. The molecule has 2 amide bonds. The van der Waals surface area contributed by atoms with Crippen LogP contribution in [0.5, 0.6) is 0 Å². The van der Waals surface area contributed by atoms with Gasteiger partial charge < -0.3 is 10.6 Å². The smallest absolute Gasteiger partial charge is 0.238 e. The van der Waals surface area contributed by atoms with Gasteiger partial charge in [-0.2, -0.15) is 0 Å². The number of amides is 2. The van der Waals surface area contributed by atoms with Crippen molar-refractivity contribution in [3.8, 4) is 0 Å². The third-order valence-corrected chi connectivity index (χ3v) is 4.43. The van der Waals surface area contributed by atoms with Gasteiger partial charge in [0.25, 0.3) is 0 Å². The van der Waals surface area contributed by atoms with E-state index in [0.29, 0.717) is 0 Å². The van der Waals surface area contributed by atoms with Crippen LogP contribution in [0, 0.1) is 6.92 Å². The summed E-state index contributed by atoms with van der Waals surface area (Å²) in [4.78, 5) is 26.1. The molecule has 0 aliphatic heterocycles. The van der Waals surface area contributed by atoms with Gasteiger partial charge in [-0.1, -0.05) is 48.9 Å². The lowest BCUT2D eigenvalue weighted by molar-refractivity contribution is -0.123. The highest BCUT2D eigenvalue weighted by atomic mass is 16.2. The largest absolute Gasteiger partial charge is 0.348 e. The third kappa shape index (κ3) is 6.87. The van der Waals surface area contributed by atoms with Gasteiger partial charge in [0, 0.05) is 5.69 Å². The van der Waals surface area contributed by atoms with E-state index in [9.17, 15) is 9.59 Å². The van der Waals surface area contributed by atoms with Crippen molar-refractivity contribution < 1.29 is 9.59 Å². The molecule has 0 bridgehead atoms. The molecule has 2 rings (SSSR count). The summed E-state index contributed by atoms with van der Waals surface area (Å²) in [5.74, 6) is -0.245. The first-order valence-corrected chi connectivity index (χ1v) is 9.30. The fourth-order valence-corrected chi connectivity index (χ4v) is 2.80. The molecule has 0 saturated heterocycles. The highest BCUT2D eigenvalue weighted by molar-refractivity contribution is 5.92. The molecule has 0 aliphatic rings. The summed E-state index contributed by atoms with van der Waals surface area (Å²) in [6.45, 7) is 6.39. The molecule has 0 heterocycles. The van der Waals surface area contributed by atoms with Crippen LogP contribution >= 0.6 is 0 Å². The standard InChI is InChI=1S/C22H29N3O2/c1-5-18-8-10-19(11-9-18)17(3)23-21(26)14-25(4)15-22(27)24-20-12-6-16(2)7-13-20/h6-13,17H,5,14-15H2,1-4H3,(H,23,26)(H,24,27)/t17-/m0/s1. The van der Waals surface area contributed by atoms with Crippen molar-refractivity contribution in [2.24, 2.45) is 0 Å². The van der Waals surface area contributed by atoms with Crippen LogP contribution in [-0.2, 0) is 16.0 Å². The van der Waals surface area contributed by atoms with E-state index in [1.54, 1.807) is 11.9 Å². The maximum absolute atomic E-state index is 12.3. The number of carbonyl (C=O) groups excluding carboxylic acids is 2. The summed E-state index contributed by atoms with van der Waals surface area (Å²) >= 11 is 0. The number of nitrogens with one attached hydrogen (secondary N) is 2. The van der Waals surface area contributed by atoms with Crippen LogP contribution in [0.1, 0.15) is 36.6 Å². The van der Waals surface area contributed by atoms with Crippen LogP contribution in [0.4, 0.5) is 5.69 Å². The van der Waals surface area contributed by atoms with Crippen LogP contribution in [0.25, 0.3) is 0 Å². The van der Waals surface area contributed by atoms with Gasteiger partial charge in [-0.25, -0.2) is 0 Å². The molecule has 5 heteroatoms. The minimum atomic E-state index is -0.141. The molecule has 0 spiro atoms.